The van der Waals surface area contributed by atoms with Gasteiger partial charge in [0.1, 0.15) is 18.3 Å². The van der Waals surface area contributed by atoms with Gasteiger partial charge < -0.3 is 15.0 Å². The number of sulfonamides is 1. The summed E-state index contributed by atoms with van der Waals surface area (Å²) in [6.07, 6.45) is 0.205. The molecule has 0 aliphatic heterocycles. The Morgan fingerprint density at radius 2 is 1.44 bits per heavy atom. The molecule has 45 heavy (non-hydrogen) atoms. The van der Waals surface area contributed by atoms with E-state index in [2.05, 4.69) is 5.32 Å². The van der Waals surface area contributed by atoms with Crippen molar-refractivity contribution in [3.05, 3.63) is 125 Å². The van der Waals surface area contributed by atoms with Crippen molar-refractivity contribution in [2.75, 3.05) is 17.5 Å². The van der Waals surface area contributed by atoms with Gasteiger partial charge in [-0.15, -0.1) is 0 Å². The van der Waals surface area contributed by atoms with Crippen LogP contribution in [0.15, 0.2) is 114 Å². The highest BCUT2D eigenvalue weighted by Crippen LogP contribution is 2.33. The summed E-state index contributed by atoms with van der Waals surface area (Å²) in [4.78, 5) is 29.8. The van der Waals surface area contributed by atoms with E-state index in [-0.39, 0.29) is 42.1 Å². The van der Waals surface area contributed by atoms with Gasteiger partial charge in [-0.05, 0) is 62.2 Å². The lowest BCUT2D eigenvalue weighted by Gasteiger charge is -2.34. The smallest absolute Gasteiger partial charge is 0.264 e. The minimum atomic E-state index is -4.25. The Labute approximate surface area is 270 Å². The van der Waals surface area contributed by atoms with E-state index in [4.69, 9.17) is 16.3 Å². The van der Waals surface area contributed by atoms with Gasteiger partial charge >= 0.3 is 0 Å². The number of hydrogen-bond acceptors (Lipinski definition) is 5. The quantitative estimate of drug-likeness (QED) is 0.179. The maximum Gasteiger partial charge on any atom is 0.264 e. The van der Waals surface area contributed by atoms with Crippen molar-refractivity contribution in [3.63, 3.8) is 0 Å². The van der Waals surface area contributed by atoms with Crippen LogP contribution in [0.2, 0.25) is 5.02 Å². The SMILES string of the molecule is CCOc1ccccc1N(CC(=O)N(Cc1ccccc1Cl)[C@H](Cc1ccccc1)C(=O)NC(C)C)S(=O)(=O)c1ccccc1. The molecule has 1 atom stereocenters. The molecule has 0 saturated carbocycles. The number of carbonyl (C=O) groups excluding carboxylic acids is 2. The normalized spacial score (nSPS) is 11.9. The van der Waals surface area contributed by atoms with Crippen molar-refractivity contribution < 1.29 is 22.7 Å². The molecule has 10 heteroatoms. The van der Waals surface area contributed by atoms with Gasteiger partial charge in [-0.3, -0.25) is 13.9 Å². The van der Waals surface area contributed by atoms with Gasteiger partial charge in [-0.2, -0.15) is 0 Å². The third-order valence-electron chi connectivity index (χ3n) is 7.04. The van der Waals surface area contributed by atoms with Crippen molar-refractivity contribution in [2.45, 2.75) is 50.7 Å². The van der Waals surface area contributed by atoms with Crippen molar-refractivity contribution in [1.29, 1.82) is 0 Å². The van der Waals surface area contributed by atoms with Crippen LogP contribution < -0.4 is 14.4 Å². The minimum absolute atomic E-state index is 0.0140. The first-order valence-corrected chi connectivity index (χ1v) is 16.6. The molecule has 2 amide bonds. The number of anilines is 1. The third kappa shape index (κ3) is 8.65. The summed E-state index contributed by atoms with van der Waals surface area (Å²) in [5, 5.41) is 3.37. The molecule has 4 aromatic carbocycles. The predicted octanol–water partition coefficient (Wildman–Crippen LogP) is 6.10. The summed E-state index contributed by atoms with van der Waals surface area (Å²) in [5.41, 5.74) is 1.67. The number of para-hydroxylation sites is 2. The fourth-order valence-corrected chi connectivity index (χ4v) is 6.56. The minimum Gasteiger partial charge on any atom is -0.492 e. The summed E-state index contributed by atoms with van der Waals surface area (Å²) < 4.78 is 35.2. The first kappa shape index (κ1) is 33.6. The van der Waals surface area contributed by atoms with Crippen LogP contribution in [0.5, 0.6) is 5.75 Å². The van der Waals surface area contributed by atoms with Gasteiger partial charge in [0.15, 0.2) is 0 Å². The van der Waals surface area contributed by atoms with Crippen molar-refractivity contribution in [2.24, 2.45) is 0 Å². The predicted molar refractivity (Wildman–Crippen MR) is 178 cm³/mol. The van der Waals surface area contributed by atoms with Gasteiger partial charge in [0.25, 0.3) is 10.0 Å². The van der Waals surface area contributed by atoms with Gasteiger partial charge in [-0.1, -0.05) is 90.5 Å². The van der Waals surface area contributed by atoms with E-state index in [0.29, 0.717) is 16.3 Å². The zero-order valence-electron chi connectivity index (χ0n) is 25.6. The zero-order chi connectivity index (χ0) is 32.4. The number of benzene rings is 4. The number of rotatable bonds is 14. The molecule has 0 aliphatic carbocycles. The Hall–Kier alpha value is -4.34. The molecule has 8 nitrogen and oxygen atoms in total. The van der Waals surface area contributed by atoms with Gasteiger partial charge in [-0.25, -0.2) is 8.42 Å². The molecule has 1 N–H and O–H groups in total. The number of ether oxygens (including phenoxy) is 1. The molecule has 0 fully saturated rings. The van der Waals surface area contributed by atoms with E-state index in [1.54, 1.807) is 73.7 Å². The lowest BCUT2D eigenvalue weighted by atomic mass is 10.0. The van der Waals surface area contributed by atoms with Crippen molar-refractivity contribution in [3.8, 4) is 5.75 Å². The molecule has 4 aromatic rings. The summed E-state index contributed by atoms with van der Waals surface area (Å²) in [6.45, 7) is 5.16. The second-order valence-corrected chi connectivity index (χ2v) is 13.0. The fraction of sp³-hybridized carbons (Fsp3) is 0.257. The van der Waals surface area contributed by atoms with Crippen LogP contribution in [0.25, 0.3) is 0 Å². The second kappa shape index (κ2) is 15.6. The number of amides is 2. The monoisotopic (exact) mass is 647 g/mol. The molecule has 0 aromatic heterocycles. The first-order valence-electron chi connectivity index (χ1n) is 14.8. The van der Waals surface area contributed by atoms with Crippen molar-refractivity contribution in [1.82, 2.24) is 10.2 Å². The Morgan fingerprint density at radius 3 is 2.09 bits per heavy atom. The van der Waals surface area contributed by atoms with E-state index < -0.39 is 28.5 Å². The van der Waals surface area contributed by atoms with Crippen LogP contribution >= 0.6 is 11.6 Å². The molecule has 0 heterocycles. The highest BCUT2D eigenvalue weighted by molar-refractivity contribution is 7.92. The van der Waals surface area contributed by atoms with Gasteiger partial charge in [0.05, 0.1) is 17.2 Å². The average molecular weight is 648 g/mol. The molecular formula is C35H38ClN3O5S. The number of hydrogen-bond donors (Lipinski definition) is 1. The van der Waals surface area contributed by atoms with E-state index in [1.165, 1.54) is 17.0 Å². The Morgan fingerprint density at radius 1 is 0.844 bits per heavy atom. The lowest BCUT2D eigenvalue weighted by Crippen LogP contribution is -2.54. The van der Waals surface area contributed by atoms with Crippen molar-refractivity contribution >= 4 is 39.1 Å². The zero-order valence-corrected chi connectivity index (χ0v) is 27.2. The van der Waals surface area contributed by atoms with Crippen LogP contribution in [-0.2, 0) is 32.6 Å². The van der Waals surface area contributed by atoms with Crippen LogP contribution in [0.1, 0.15) is 31.9 Å². The molecule has 0 spiro atoms. The molecule has 0 radical (unpaired) electrons. The Balaban J connectivity index is 1.84. The number of carbonyl (C=O) groups is 2. The maximum absolute atomic E-state index is 14.6. The fourth-order valence-electron chi connectivity index (χ4n) is 4.92. The van der Waals surface area contributed by atoms with E-state index in [0.717, 1.165) is 9.87 Å². The van der Waals surface area contributed by atoms with E-state index in [9.17, 15) is 18.0 Å². The number of halogens is 1. The van der Waals surface area contributed by atoms with Gasteiger partial charge in [0, 0.05) is 24.0 Å². The Bertz CT molecular complexity index is 1680. The van der Waals surface area contributed by atoms with E-state index in [1.807, 2.05) is 44.2 Å². The highest BCUT2D eigenvalue weighted by Gasteiger charge is 2.35. The highest BCUT2D eigenvalue weighted by atomic mass is 35.5. The van der Waals surface area contributed by atoms with Gasteiger partial charge in [0.2, 0.25) is 11.8 Å². The van der Waals surface area contributed by atoms with Crippen LogP contribution in [0.3, 0.4) is 0 Å². The second-order valence-electron chi connectivity index (χ2n) is 10.7. The maximum atomic E-state index is 14.6. The molecule has 0 saturated heterocycles. The molecule has 4 rings (SSSR count). The molecule has 0 aliphatic rings. The number of nitrogens with zero attached hydrogens (tertiary/aromatic N) is 2. The summed E-state index contributed by atoms with van der Waals surface area (Å²) in [6, 6.07) is 29.9. The summed E-state index contributed by atoms with van der Waals surface area (Å²) in [5.74, 6) is -0.634. The average Bonchev–Trinajstić information content (AvgIpc) is 3.03. The van der Waals surface area contributed by atoms with E-state index >= 15 is 0 Å². The molecule has 236 valence electrons. The topological polar surface area (TPSA) is 96.0 Å². The van der Waals surface area contributed by atoms with Crippen LogP contribution in [-0.4, -0.2) is 50.4 Å². The molecule has 0 unspecified atom stereocenters. The standard InChI is InChI=1S/C35H38ClN3O5S/c1-4-44-33-22-14-13-21-31(33)39(45(42,43)29-18-9-6-10-19-29)25-34(40)38(24-28-17-11-12-20-30(28)36)32(35(41)37-26(2)3)23-27-15-7-5-8-16-27/h5-22,26,32H,4,23-25H2,1-3H3,(H,37,41)/t32-/m1/s1. The summed E-state index contributed by atoms with van der Waals surface area (Å²) >= 11 is 6.55. The largest absolute Gasteiger partial charge is 0.492 e. The van der Waals surface area contributed by atoms with Crippen LogP contribution in [0, 0.1) is 0 Å². The molecular weight excluding hydrogens is 610 g/mol. The Kier molecular flexibility index (Phi) is 11.6. The third-order valence-corrected chi connectivity index (χ3v) is 9.19. The number of nitrogens with one attached hydrogen (secondary N) is 1. The first-order chi connectivity index (χ1) is 21.6. The summed E-state index contributed by atoms with van der Waals surface area (Å²) in [7, 11) is -4.25. The van der Waals surface area contributed by atoms with Crippen LogP contribution in [0.4, 0.5) is 5.69 Å². The molecule has 0 bridgehead atoms. The lowest BCUT2D eigenvalue weighted by molar-refractivity contribution is -0.140.